The van der Waals surface area contributed by atoms with Crippen molar-refractivity contribution in [2.75, 3.05) is 0 Å². The number of hydrogen-bond acceptors (Lipinski definition) is 3. The van der Waals surface area contributed by atoms with Gasteiger partial charge in [-0.25, -0.2) is 4.98 Å². The van der Waals surface area contributed by atoms with E-state index in [0.717, 1.165) is 43.4 Å². The van der Waals surface area contributed by atoms with E-state index in [9.17, 15) is 18.0 Å². The Bertz CT molecular complexity index is 988. The van der Waals surface area contributed by atoms with Crippen LogP contribution in [-0.4, -0.2) is 9.97 Å². The molecule has 2 aromatic heterocycles. The quantitative estimate of drug-likeness (QED) is 0.700. The van der Waals surface area contributed by atoms with Crippen LogP contribution in [0, 0.1) is 0 Å². The molecule has 7 heteroatoms. The Morgan fingerprint density at radius 2 is 1.96 bits per heavy atom. The van der Waals surface area contributed by atoms with Crippen molar-refractivity contribution in [3.05, 3.63) is 50.6 Å². The number of hydrogen-bond donors (Lipinski definition) is 1. The van der Waals surface area contributed by atoms with Crippen LogP contribution in [0.25, 0.3) is 21.6 Å². The number of aromatic nitrogens is 2. The van der Waals surface area contributed by atoms with Crippen LogP contribution in [0.5, 0.6) is 0 Å². The van der Waals surface area contributed by atoms with Crippen LogP contribution < -0.4 is 5.56 Å². The van der Waals surface area contributed by atoms with Crippen molar-refractivity contribution in [1.29, 1.82) is 0 Å². The third-order valence-electron chi connectivity index (χ3n) is 4.29. The van der Waals surface area contributed by atoms with Gasteiger partial charge in [0, 0.05) is 10.4 Å². The van der Waals surface area contributed by atoms with Crippen LogP contribution in [0.2, 0.25) is 0 Å². The summed E-state index contributed by atoms with van der Waals surface area (Å²) in [5, 5.41) is 0.602. The molecule has 3 nitrogen and oxygen atoms in total. The fraction of sp³-hybridized carbons (Fsp3) is 0.294. The number of aryl methyl sites for hydroxylation is 2. The van der Waals surface area contributed by atoms with Crippen LogP contribution in [0.4, 0.5) is 13.2 Å². The van der Waals surface area contributed by atoms with Crippen LogP contribution >= 0.6 is 11.3 Å². The van der Waals surface area contributed by atoms with E-state index in [4.69, 9.17) is 0 Å². The summed E-state index contributed by atoms with van der Waals surface area (Å²) in [6, 6.07) is 4.86. The number of fused-ring (bicyclic) bond motifs is 3. The molecule has 0 radical (unpaired) electrons. The van der Waals surface area contributed by atoms with Gasteiger partial charge in [-0.2, -0.15) is 13.2 Å². The summed E-state index contributed by atoms with van der Waals surface area (Å²) >= 11 is 1.48. The molecule has 1 aliphatic rings. The lowest BCUT2D eigenvalue weighted by Crippen LogP contribution is -2.11. The van der Waals surface area contributed by atoms with Crippen molar-refractivity contribution in [3.63, 3.8) is 0 Å². The van der Waals surface area contributed by atoms with Gasteiger partial charge in [0.25, 0.3) is 5.56 Å². The molecule has 1 N–H and O–H groups in total. The van der Waals surface area contributed by atoms with E-state index >= 15 is 0 Å². The number of nitrogens with zero attached hydrogens (tertiary/aromatic N) is 1. The predicted octanol–water partition coefficient (Wildman–Crippen LogP) is 4.55. The highest BCUT2D eigenvalue weighted by Crippen LogP contribution is 2.35. The average Bonchev–Trinajstić information content (AvgIpc) is 2.93. The largest absolute Gasteiger partial charge is 0.416 e. The van der Waals surface area contributed by atoms with Crippen LogP contribution in [-0.2, 0) is 19.0 Å². The highest BCUT2D eigenvalue weighted by Gasteiger charge is 2.30. The fourth-order valence-corrected chi connectivity index (χ4v) is 4.41. The molecule has 124 valence electrons. The zero-order chi connectivity index (χ0) is 16.9. The van der Waals surface area contributed by atoms with Crippen molar-refractivity contribution in [1.82, 2.24) is 9.97 Å². The molecule has 0 fully saturated rings. The summed E-state index contributed by atoms with van der Waals surface area (Å²) in [6.45, 7) is 0. The van der Waals surface area contributed by atoms with E-state index in [1.807, 2.05) is 0 Å². The molecule has 0 spiro atoms. The standard InChI is InChI=1S/C17H13F3N2OS/c18-17(19,20)10-5-3-4-9(8-10)14-21-15(23)13-11-6-1-2-7-12(11)24-16(13)22-14/h3-5,8H,1-2,6-7H2,(H,21,22,23). The Kier molecular flexibility index (Phi) is 3.49. The first kappa shape index (κ1) is 15.4. The number of halogens is 3. The van der Waals surface area contributed by atoms with Crippen molar-refractivity contribution < 1.29 is 13.2 Å². The molecule has 0 unspecified atom stereocenters. The normalized spacial score (nSPS) is 14.8. The van der Waals surface area contributed by atoms with Gasteiger partial charge < -0.3 is 4.98 Å². The Hall–Kier alpha value is -2.15. The summed E-state index contributed by atoms with van der Waals surface area (Å²) in [7, 11) is 0. The summed E-state index contributed by atoms with van der Waals surface area (Å²) in [5.74, 6) is 0.178. The summed E-state index contributed by atoms with van der Waals surface area (Å²) in [5.41, 5.74) is 0.292. The van der Waals surface area contributed by atoms with Gasteiger partial charge in [0.05, 0.1) is 10.9 Å². The molecular weight excluding hydrogens is 337 g/mol. The van der Waals surface area contributed by atoms with E-state index in [1.165, 1.54) is 28.3 Å². The number of nitrogens with one attached hydrogen (secondary N) is 1. The Morgan fingerprint density at radius 1 is 1.17 bits per heavy atom. The molecule has 3 aromatic rings. The summed E-state index contributed by atoms with van der Waals surface area (Å²) in [4.78, 5) is 21.3. The van der Waals surface area contributed by atoms with Gasteiger partial charge in [0.1, 0.15) is 10.7 Å². The van der Waals surface area contributed by atoms with Crippen LogP contribution in [0.1, 0.15) is 28.8 Å². The van der Waals surface area contributed by atoms with E-state index in [1.54, 1.807) is 0 Å². The molecule has 0 bridgehead atoms. The molecule has 0 atom stereocenters. The maximum Gasteiger partial charge on any atom is 0.416 e. The van der Waals surface area contributed by atoms with Gasteiger partial charge in [-0.15, -0.1) is 11.3 Å². The maximum atomic E-state index is 12.9. The van der Waals surface area contributed by atoms with Crippen LogP contribution in [0.15, 0.2) is 29.1 Å². The van der Waals surface area contributed by atoms with Crippen molar-refractivity contribution in [2.24, 2.45) is 0 Å². The number of H-pyrrole nitrogens is 1. The minimum atomic E-state index is -4.43. The number of alkyl halides is 3. The van der Waals surface area contributed by atoms with Crippen molar-refractivity contribution in [2.45, 2.75) is 31.9 Å². The molecule has 0 amide bonds. The molecule has 0 saturated carbocycles. The second-order valence-electron chi connectivity index (χ2n) is 5.88. The minimum Gasteiger partial charge on any atom is -0.306 e. The molecule has 1 aromatic carbocycles. The Balaban J connectivity index is 1.88. The SMILES string of the molecule is O=c1[nH]c(-c2cccc(C(F)(F)F)c2)nc2sc3c(c12)CCCC3. The lowest BCUT2D eigenvalue weighted by atomic mass is 9.97. The second-order valence-corrected chi connectivity index (χ2v) is 6.97. The molecule has 0 aliphatic heterocycles. The first-order valence-corrected chi connectivity index (χ1v) is 8.47. The number of aromatic amines is 1. The molecule has 24 heavy (non-hydrogen) atoms. The molecular formula is C17H13F3N2OS. The van der Waals surface area contributed by atoms with E-state index in [-0.39, 0.29) is 16.9 Å². The molecule has 0 saturated heterocycles. The highest BCUT2D eigenvalue weighted by molar-refractivity contribution is 7.18. The average molecular weight is 350 g/mol. The second kappa shape index (κ2) is 5.44. The van der Waals surface area contributed by atoms with Gasteiger partial charge in [-0.05, 0) is 43.4 Å². The zero-order valence-corrected chi connectivity index (χ0v) is 13.4. The van der Waals surface area contributed by atoms with Crippen molar-refractivity contribution >= 4 is 21.6 Å². The summed E-state index contributed by atoms with van der Waals surface area (Å²) in [6.07, 6.45) is -0.480. The Labute approximate surface area is 139 Å². The Morgan fingerprint density at radius 3 is 2.75 bits per heavy atom. The van der Waals surface area contributed by atoms with E-state index in [0.29, 0.717) is 10.2 Å². The van der Waals surface area contributed by atoms with Gasteiger partial charge in [-0.3, -0.25) is 4.79 Å². The van der Waals surface area contributed by atoms with Gasteiger partial charge in [-0.1, -0.05) is 12.1 Å². The monoisotopic (exact) mass is 350 g/mol. The summed E-state index contributed by atoms with van der Waals surface area (Å²) < 4.78 is 38.6. The van der Waals surface area contributed by atoms with Crippen molar-refractivity contribution in [3.8, 4) is 11.4 Å². The zero-order valence-electron chi connectivity index (χ0n) is 12.5. The third-order valence-corrected chi connectivity index (χ3v) is 5.47. The van der Waals surface area contributed by atoms with Crippen LogP contribution in [0.3, 0.4) is 0 Å². The number of rotatable bonds is 1. The topological polar surface area (TPSA) is 45.8 Å². The van der Waals surface area contributed by atoms with E-state index in [2.05, 4.69) is 9.97 Å². The lowest BCUT2D eigenvalue weighted by molar-refractivity contribution is -0.137. The van der Waals surface area contributed by atoms with Gasteiger partial charge >= 0.3 is 6.18 Å². The van der Waals surface area contributed by atoms with Gasteiger partial charge in [0.2, 0.25) is 0 Å². The molecule has 4 rings (SSSR count). The lowest BCUT2D eigenvalue weighted by Gasteiger charge is -2.10. The first-order valence-electron chi connectivity index (χ1n) is 7.66. The molecule has 2 heterocycles. The maximum absolute atomic E-state index is 12.9. The number of thiophene rings is 1. The molecule has 1 aliphatic carbocycles. The van der Waals surface area contributed by atoms with Gasteiger partial charge in [0.15, 0.2) is 0 Å². The fourth-order valence-electron chi connectivity index (χ4n) is 3.14. The third kappa shape index (κ3) is 2.53. The number of benzene rings is 1. The first-order chi connectivity index (χ1) is 11.4. The predicted molar refractivity (Wildman–Crippen MR) is 87.3 cm³/mol. The highest BCUT2D eigenvalue weighted by atomic mass is 32.1. The van der Waals surface area contributed by atoms with E-state index < -0.39 is 11.7 Å². The smallest absolute Gasteiger partial charge is 0.306 e. The minimum absolute atomic E-state index is 0.178.